The number of ether oxygens (including phenoxy) is 1. The van der Waals surface area contributed by atoms with Crippen molar-refractivity contribution in [3.05, 3.63) is 23.3 Å². The number of allylic oxidation sites excluding steroid dienone is 3. The largest absolute Gasteiger partial charge is 0.469 e. The van der Waals surface area contributed by atoms with Crippen molar-refractivity contribution in [3.8, 4) is 0 Å². The van der Waals surface area contributed by atoms with Crippen LogP contribution in [0.1, 0.15) is 91.9 Å². The third kappa shape index (κ3) is 8.89. The zero-order valence-electron chi connectivity index (χ0n) is 20.4. The quantitative estimate of drug-likeness (QED) is 0.179. The van der Waals surface area contributed by atoms with Crippen LogP contribution in [0.15, 0.2) is 23.3 Å². The molecule has 1 aliphatic carbocycles. The summed E-state index contributed by atoms with van der Waals surface area (Å²) in [5, 5.41) is 0.171. The summed E-state index contributed by atoms with van der Waals surface area (Å²) < 4.78 is 11.4. The van der Waals surface area contributed by atoms with Crippen molar-refractivity contribution in [1.29, 1.82) is 0 Å². The Balaban J connectivity index is 2.66. The van der Waals surface area contributed by atoms with Gasteiger partial charge in [-0.1, -0.05) is 65.5 Å². The second-order valence-corrected chi connectivity index (χ2v) is 14.7. The summed E-state index contributed by atoms with van der Waals surface area (Å²) >= 11 is 0. The van der Waals surface area contributed by atoms with E-state index in [4.69, 9.17) is 9.16 Å². The molecule has 0 aliphatic heterocycles. The molecular weight excluding hydrogens is 392 g/mol. The first-order chi connectivity index (χ1) is 14.0. The van der Waals surface area contributed by atoms with Crippen molar-refractivity contribution in [2.45, 2.75) is 116 Å². The van der Waals surface area contributed by atoms with Crippen molar-refractivity contribution >= 4 is 20.1 Å². The number of rotatable bonds is 13. The first-order valence-corrected chi connectivity index (χ1v) is 14.6. The number of ketones is 1. The van der Waals surface area contributed by atoms with Crippen LogP contribution in [0, 0.1) is 0 Å². The Kier molecular flexibility index (Phi) is 11.3. The summed E-state index contributed by atoms with van der Waals surface area (Å²) in [6, 6.07) is 0. The monoisotopic (exact) mass is 436 g/mol. The van der Waals surface area contributed by atoms with Gasteiger partial charge in [0.1, 0.15) is 0 Å². The summed E-state index contributed by atoms with van der Waals surface area (Å²) in [7, 11) is -0.423. The van der Waals surface area contributed by atoms with Crippen LogP contribution in [0.5, 0.6) is 0 Å². The SMILES string of the molecule is CCC1=C(/C=C/[C@H](CCCCCCCC(=O)OC)O[Si](C)(C)C(C)(C)C)CCC1=O. The highest BCUT2D eigenvalue weighted by Crippen LogP contribution is 2.38. The Morgan fingerprint density at radius 2 is 1.73 bits per heavy atom. The number of Topliss-reactive ketones (excluding diaryl/α,β-unsaturated/α-hetero) is 1. The third-order valence-corrected chi connectivity index (χ3v) is 11.1. The molecule has 0 unspecified atom stereocenters. The molecule has 30 heavy (non-hydrogen) atoms. The van der Waals surface area contributed by atoms with E-state index < -0.39 is 8.32 Å². The van der Waals surface area contributed by atoms with Gasteiger partial charge in [0.2, 0.25) is 0 Å². The molecule has 0 bridgehead atoms. The fourth-order valence-electron chi connectivity index (χ4n) is 3.56. The minimum Gasteiger partial charge on any atom is -0.469 e. The van der Waals surface area contributed by atoms with Crippen molar-refractivity contribution in [1.82, 2.24) is 0 Å². The molecule has 0 fully saturated rings. The molecule has 172 valence electrons. The molecule has 0 amide bonds. The van der Waals surface area contributed by atoms with Crippen molar-refractivity contribution in [2.24, 2.45) is 0 Å². The van der Waals surface area contributed by atoms with Crippen LogP contribution in [-0.2, 0) is 18.8 Å². The Morgan fingerprint density at radius 3 is 2.33 bits per heavy atom. The minimum atomic E-state index is -1.87. The number of hydrogen-bond acceptors (Lipinski definition) is 4. The molecule has 4 nitrogen and oxygen atoms in total. The van der Waals surface area contributed by atoms with E-state index in [-0.39, 0.29) is 17.1 Å². The summed E-state index contributed by atoms with van der Waals surface area (Å²) in [5.74, 6) is 0.195. The van der Waals surface area contributed by atoms with E-state index in [9.17, 15) is 9.59 Å². The van der Waals surface area contributed by atoms with Crippen LogP contribution in [0.2, 0.25) is 18.1 Å². The third-order valence-electron chi connectivity index (χ3n) is 6.56. The number of carbonyl (C=O) groups excluding carboxylic acids is 2. The van der Waals surface area contributed by atoms with E-state index in [1.54, 1.807) is 0 Å². The van der Waals surface area contributed by atoms with E-state index in [1.807, 2.05) is 0 Å². The summed E-state index contributed by atoms with van der Waals surface area (Å²) in [5.41, 5.74) is 2.21. The highest BCUT2D eigenvalue weighted by Gasteiger charge is 2.38. The first kappa shape index (κ1) is 26.8. The molecule has 1 rings (SSSR count). The molecule has 0 aromatic heterocycles. The number of hydrogen-bond donors (Lipinski definition) is 0. The minimum absolute atomic E-state index is 0.0993. The van der Waals surface area contributed by atoms with Crippen molar-refractivity contribution < 1.29 is 18.8 Å². The van der Waals surface area contributed by atoms with E-state index in [2.05, 4.69) is 52.9 Å². The van der Waals surface area contributed by atoms with Gasteiger partial charge in [-0.25, -0.2) is 0 Å². The van der Waals surface area contributed by atoms with Gasteiger partial charge in [-0.3, -0.25) is 9.59 Å². The van der Waals surface area contributed by atoms with Gasteiger partial charge in [-0.2, -0.15) is 0 Å². The Morgan fingerprint density at radius 1 is 1.10 bits per heavy atom. The number of methoxy groups -OCH3 is 1. The van der Waals surface area contributed by atoms with E-state index in [1.165, 1.54) is 12.7 Å². The van der Waals surface area contributed by atoms with Gasteiger partial charge in [0.05, 0.1) is 13.2 Å². The van der Waals surface area contributed by atoms with Crippen LogP contribution in [-0.4, -0.2) is 33.3 Å². The number of carbonyl (C=O) groups is 2. The lowest BCUT2D eigenvalue weighted by atomic mass is 10.0. The van der Waals surface area contributed by atoms with Gasteiger partial charge in [0.15, 0.2) is 14.1 Å². The van der Waals surface area contributed by atoms with Crippen LogP contribution in [0.4, 0.5) is 0 Å². The fourth-order valence-corrected chi connectivity index (χ4v) is 4.86. The molecular formula is C25H44O4Si. The van der Waals surface area contributed by atoms with Crippen molar-refractivity contribution in [3.63, 3.8) is 0 Å². The molecule has 0 N–H and O–H groups in total. The predicted octanol–water partition coefficient (Wildman–Crippen LogP) is 6.91. The first-order valence-electron chi connectivity index (χ1n) is 11.7. The zero-order chi connectivity index (χ0) is 22.8. The molecule has 0 saturated heterocycles. The molecule has 0 spiro atoms. The van der Waals surface area contributed by atoms with Crippen molar-refractivity contribution in [2.75, 3.05) is 7.11 Å². The average molecular weight is 437 g/mol. The van der Waals surface area contributed by atoms with Crippen LogP contribution < -0.4 is 0 Å². The van der Waals surface area contributed by atoms with E-state index >= 15 is 0 Å². The topological polar surface area (TPSA) is 52.6 Å². The predicted molar refractivity (Wildman–Crippen MR) is 127 cm³/mol. The van der Waals surface area contributed by atoms with Gasteiger partial charge in [-0.15, -0.1) is 0 Å². The van der Waals surface area contributed by atoms with Gasteiger partial charge in [0, 0.05) is 12.8 Å². The second kappa shape index (κ2) is 12.6. The normalized spacial score (nSPS) is 16.6. The Labute approximate surface area is 185 Å². The second-order valence-electron chi connectivity index (χ2n) is 9.94. The van der Waals surface area contributed by atoms with Crippen LogP contribution >= 0.6 is 0 Å². The lowest BCUT2D eigenvalue weighted by molar-refractivity contribution is -0.140. The fraction of sp³-hybridized carbons (Fsp3) is 0.760. The van der Waals surface area contributed by atoms with Gasteiger partial charge in [-0.05, 0) is 55.0 Å². The molecule has 0 heterocycles. The summed E-state index contributed by atoms with van der Waals surface area (Å²) in [4.78, 5) is 23.2. The lowest BCUT2D eigenvalue weighted by Gasteiger charge is -2.38. The van der Waals surface area contributed by atoms with Gasteiger partial charge >= 0.3 is 5.97 Å². The zero-order valence-corrected chi connectivity index (χ0v) is 21.4. The van der Waals surface area contributed by atoms with E-state index in [0.29, 0.717) is 18.6 Å². The smallest absolute Gasteiger partial charge is 0.305 e. The molecule has 0 aromatic carbocycles. The Bertz CT molecular complexity index is 626. The molecule has 0 radical (unpaired) electrons. The van der Waals surface area contributed by atoms with Crippen LogP contribution in [0.3, 0.4) is 0 Å². The number of esters is 1. The molecule has 1 atom stereocenters. The summed E-state index contributed by atoms with van der Waals surface area (Å²) in [6.07, 6.45) is 13.7. The molecule has 5 heteroatoms. The highest BCUT2D eigenvalue weighted by atomic mass is 28.4. The Hall–Kier alpha value is -1.20. The maximum absolute atomic E-state index is 12.0. The van der Waals surface area contributed by atoms with Gasteiger partial charge in [0.25, 0.3) is 0 Å². The standard InChI is InChI=1S/C25H44O4Si/c1-8-22-20(17-19-23(22)26)16-18-21(29-30(6,7)25(2,3)4)14-12-10-9-11-13-15-24(27)28-5/h16,18,21H,8-15,17,19H2,1-7H3/b18-16+/t21-/m0/s1. The average Bonchev–Trinajstić information content (AvgIpc) is 3.03. The lowest BCUT2D eigenvalue weighted by Crippen LogP contribution is -2.43. The molecule has 0 saturated carbocycles. The maximum Gasteiger partial charge on any atom is 0.305 e. The van der Waals surface area contributed by atoms with E-state index in [0.717, 1.165) is 56.9 Å². The highest BCUT2D eigenvalue weighted by molar-refractivity contribution is 6.74. The molecule has 1 aliphatic rings. The number of unbranched alkanes of at least 4 members (excludes halogenated alkanes) is 4. The molecule has 0 aromatic rings. The summed E-state index contributed by atoms with van der Waals surface area (Å²) in [6.45, 7) is 13.5. The van der Waals surface area contributed by atoms with Crippen LogP contribution in [0.25, 0.3) is 0 Å². The maximum atomic E-state index is 12.0. The van der Waals surface area contributed by atoms with Gasteiger partial charge < -0.3 is 9.16 Å².